The maximum atomic E-state index is 11.4. The summed E-state index contributed by atoms with van der Waals surface area (Å²) in [5.74, 6) is -0.566. The minimum atomic E-state index is -0.417. The van der Waals surface area contributed by atoms with Gasteiger partial charge in [-0.25, -0.2) is 0 Å². The van der Waals surface area contributed by atoms with Gasteiger partial charge in [0.05, 0.1) is 0 Å². The van der Waals surface area contributed by atoms with Crippen LogP contribution in [0.3, 0.4) is 0 Å². The van der Waals surface area contributed by atoms with Crippen LogP contribution in [0, 0.1) is 0 Å². The third-order valence-electron chi connectivity index (χ3n) is 4.01. The predicted octanol–water partition coefficient (Wildman–Crippen LogP) is 2.55. The second-order valence-corrected chi connectivity index (χ2v) is 6.73. The molecule has 0 N–H and O–H groups in total. The molecule has 0 aromatic carbocycles. The highest BCUT2D eigenvalue weighted by Gasteiger charge is 2.40. The second-order valence-electron chi connectivity index (χ2n) is 6.73. The number of esters is 1. The molecule has 0 aliphatic carbocycles. The monoisotopic (exact) mass is 269 g/mol. The van der Waals surface area contributed by atoms with Crippen molar-refractivity contribution in [3.05, 3.63) is 0 Å². The Morgan fingerprint density at radius 2 is 1.63 bits per heavy atom. The lowest BCUT2D eigenvalue weighted by atomic mass is 9.80. The maximum absolute atomic E-state index is 11.4. The quantitative estimate of drug-likeness (QED) is 0.568. The van der Waals surface area contributed by atoms with Gasteiger partial charge in [-0.1, -0.05) is 0 Å². The molecule has 0 bridgehead atoms. The number of ether oxygens (including phenoxy) is 1. The van der Waals surface area contributed by atoms with Crippen LogP contribution in [0.4, 0.5) is 0 Å². The third-order valence-corrected chi connectivity index (χ3v) is 4.01. The molecule has 4 heteroatoms. The molecule has 1 aliphatic heterocycles. The van der Waals surface area contributed by atoms with Crippen LogP contribution in [0.25, 0.3) is 0 Å². The Morgan fingerprint density at radius 1 is 1.11 bits per heavy atom. The first-order valence-corrected chi connectivity index (χ1v) is 7.08. The first-order chi connectivity index (χ1) is 8.65. The molecule has 1 rings (SSSR count). The standard InChI is InChI=1S/C15H27NO3/c1-12(17)11-13(18)19-10-9-16-14(2,3)7-6-8-15(16,4)5/h6-11H2,1-5H3. The molecule has 0 saturated carbocycles. The number of nitrogens with zero attached hydrogens (tertiary/aromatic N) is 1. The lowest BCUT2D eigenvalue weighted by Crippen LogP contribution is -2.59. The van der Waals surface area contributed by atoms with Gasteiger partial charge in [0.15, 0.2) is 0 Å². The summed E-state index contributed by atoms with van der Waals surface area (Å²) < 4.78 is 5.14. The summed E-state index contributed by atoms with van der Waals surface area (Å²) in [6, 6.07) is 0. The summed E-state index contributed by atoms with van der Waals surface area (Å²) in [6.45, 7) is 11.5. The Kier molecular flexibility index (Phi) is 5.13. The second kappa shape index (κ2) is 6.04. The molecule has 1 saturated heterocycles. The first-order valence-electron chi connectivity index (χ1n) is 7.08. The van der Waals surface area contributed by atoms with Crippen LogP contribution in [-0.4, -0.2) is 40.9 Å². The fourth-order valence-electron chi connectivity index (χ4n) is 3.15. The molecule has 0 radical (unpaired) electrons. The van der Waals surface area contributed by atoms with Crippen molar-refractivity contribution in [1.82, 2.24) is 4.90 Å². The summed E-state index contributed by atoms with van der Waals surface area (Å²) in [4.78, 5) is 24.6. The van der Waals surface area contributed by atoms with E-state index in [-0.39, 0.29) is 23.3 Å². The van der Waals surface area contributed by atoms with Gasteiger partial charge in [-0.05, 0) is 53.9 Å². The lowest BCUT2D eigenvalue weighted by molar-refractivity contribution is -0.147. The Morgan fingerprint density at radius 3 is 2.11 bits per heavy atom. The number of rotatable bonds is 5. The van der Waals surface area contributed by atoms with Crippen molar-refractivity contribution in [2.75, 3.05) is 13.2 Å². The minimum Gasteiger partial charge on any atom is -0.464 e. The van der Waals surface area contributed by atoms with E-state index in [1.807, 2.05) is 0 Å². The van der Waals surface area contributed by atoms with E-state index in [1.54, 1.807) is 0 Å². The van der Waals surface area contributed by atoms with Crippen LogP contribution >= 0.6 is 0 Å². The van der Waals surface area contributed by atoms with Crippen LogP contribution in [0.15, 0.2) is 0 Å². The Labute approximate surface area is 116 Å². The Hall–Kier alpha value is -0.900. The van der Waals surface area contributed by atoms with E-state index in [4.69, 9.17) is 4.74 Å². The molecule has 0 aromatic heterocycles. The number of hydrogen-bond acceptors (Lipinski definition) is 4. The number of likely N-dealkylation sites (tertiary alicyclic amines) is 1. The summed E-state index contributed by atoms with van der Waals surface area (Å²) in [7, 11) is 0. The average Bonchev–Trinajstić information content (AvgIpc) is 2.20. The minimum absolute atomic E-state index is 0.118. The van der Waals surface area contributed by atoms with Crippen molar-refractivity contribution >= 4 is 11.8 Å². The van der Waals surface area contributed by atoms with E-state index in [2.05, 4.69) is 32.6 Å². The van der Waals surface area contributed by atoms with Crippen LogP contribution in [0.5, 0.6) is 0 Å². The number of carbonyl (C=O) groups is 2. The summed E-state index contributed by atoms with van der Waals surface area (Å²) in [5.41, 5.74) is 0.267. The van der Waals surface area contributed by atoms with Gasteiger partial charge >= 0.3 is 5.97 Å². The summed E-state index contributed by atoms with van der Waals surface area (Å²) >= 11 is 0. The van der Waals surface area contributed by atoms with E-state index < -0.39 is 5.97 Å². The van der Waals surface area contributed by atoms with Gasteiger partial charge in [-0.3, -0.25) is 14.5 Å². The zero-order valence-corrected chi connectivity index (χ0v) is 12.9. The van der Waals surface area contributed by atoms with Gasteiger partial charge in [0.2, 0.25) is 0 Å². The zero-order chi connectivity index (χ0) is 14.7. The van der Waals surface area contributed by atoms with Crippen molar-refractivity contribution in [3.8, 4) is 0 Å². The molecular weight excluding hydrogens is 242 g/mol. The molecule has 19 heavy (non-hydrogen) atoms. The van der Waals surface area contributed by atoms with E-state index in [0.29, 0.717) is 6.61 Å². The smallest absolute Gasteiger partial charge is 0.313 e. The number of Topliss-reactive ketones (excluding diaryl/α,β-unsaturated/α-hetero) is 1. The van der Waals surface area contributed by atoms with E-state index in [1.165, 1.54) is 13.3 Å². The molecule has 1 fully saturated rings. The van der Waals surface area contributed by atoms with Crippen molar-refractivity contribution in [2.24, 2.45) is 0 Å². The van der Waals surface area contributed by atoms with Gasteiger partial charge in [-0.15, -0.1) is 0 Å². The van der Waals surface area contributed by atoms with Crippen LogP contribution in [0.1, 0.15) is 60.3 Å². The number of piperidine rings is 1. The summed E-state index contributed by atoms with van der Waals surface area (Å²) in [6.07, 6.45) is 3.45. The van der Waals surface area contributed by atoms with Crippen LogP contribution < -0.4 is 0 Å². The molecule has 0 spiro atoms. The molecule has 4 nitrogen and oxygen atoms in total. The predicted molar refractivity (Wildman–Crippen MR) is 75.0 cm³/mol. The van der Waals surface area contributed by atoms with Crippen molar-refractivity contribution < 1.29 is 14.3 Å². The highest BCUT2D eigenvalue weighted by Crippen LogP contribution is 2.37. The Balaban J connectivity index is 2.49. The van der Waals surface area contributed by atoms with Crippen LogP contribution in [-0.2, 0) is 14.3 Å². The van der Waals surface area contributed by atoms with Gasteiger partial charge in [0.1, 0.15) is 18.8 Å². The third kappa shape index (κ3) is 4.60. The van der Waals surface area contributed by atoms with E-state index in [9.17, 15) is 9.59 Å². The fourth-order valence-corrected chi connectivity index (χ4v) is 3.15. The average molecular weight is 269 g/mol. The molecule has 1 heterocycles. The molecule has 110 valence electrons. The first kappa shape index (κ1) is 16.2. The lowest BCUT2D eigenvalue weighted by Gasteiger charge is -2.52. The highest BCUT2D eigenvalue weighted by molar-refractivity contribution is 5.94. The Bertz CT molecular complexity index is 331. The maximum Gasteiger partial charge on any atom is 0.313 e. The van der Waals surface area contributed by atoms with Gasteiger partial charge < -0.3 is 4.74 Å². The molecule has 0 unspecified atom stereocenters. The number of carbonyl (C=O) groups excluding carboxylic acids is 2. The molecular formula is C15H27NO3. The van der Waals surface area contributed by atoms with E-state index >= 15 is 0 Å². The molecule has 0 atom stereocenters. The zero-order valence-electron chi connectivity index (χ0n) is 12.9. The number of ketones is 1. The van der Waals surface area contributed by atoms with Crippen LogP contribution in [0.2, 0.25) is 0 Å². The van der Waals surface area contributed by atoms with Gasteiger partial charge in [0, 0.05) is 17.6 Å². The molecule has 0 aromatic rings. The van der Waals surface area contributed by atoms with Gasteiger partial charge in [0.25, 0.3) is 0 Å². The number of hydrogen-bond donors (Lipinski definition) is 0. The highest BCUT2D eigenvalue weighted by atomic mass is 16.5. The largest absolute Gasteiger partial charge is 0.464 e. The fraction of sp³-hybridized carbons (Fsp3) is 0.867. The van der Waals surface area contributed by atoms with E-state index in [0.717, 1.165) is 19.4 Å². The normalized spacial score (nSPS) is 21.9. The molecule has 0 amide bonds. The summed E-state index contributed by atoms with van der Waals surface area (Å²) in [5, 5.41) is 0. The molecule has 1 aliphatic rings. The van der Waals surface area contributed by atoms with Gasteiger partial charge in [-0.2, -0.15) is 0 Å². The van der Waals surface area contributed by atoms with Crippen molar-refractivity contribution in [2.45, 2.75) is 71.4 Å². The van der Waals surface area contributed by atoms with Crippen molar-refractivity contribution in [1.29, 1.82) is 0 Å². The SMILES string of the molecule is CC(=O)CC(=O)OCCN1C(C)(C)CCCC1(C)C. The topological polar surface area (TPSA) is 46.6 Å². The van der Waals surface area contributed by atoms with Crippen molar-refractivity contribution in [3.63, 3.8) is 0 Å².